The molecule has 0 saturated heterocycles. The molecule has 17 heavy (non-hydrogen) atoms. The van der Waals surface area contributed by atoms with Crippen molar-refractivity contribution in [3.63, 3.8) is 0 Å². The Morgan fingerprint density at radius 1 is 1.41 bits per heavy atom. The molecule has 2 aromatic rings. The second kappa shape index (κ2) is 5.36. The molecule has 4 heteroatoms. The molecule has 0 radical (unpaired) electrons. The predicted molar refractivity (Wildman–Crippen MR) is 68.7 cm³/mol. The van der Waals surface area contributed by atoms with Gasteiger partial charge in [0, 0.05) is 5.02 Å². The molecule has 1 aromatic carbocycles. The zero-order valence-corrected chi connectivity index (χ0v) is 10.4. The van der Waals surface area contributed by atoms with Gasteiger partial charge in [-0.1, -0.05) is 23.7 Å². The van der Waals surface area contributed by atoms with Gasteiger partial charge in [0.1, 0.15) is 0 Å². The Bertz CT molecular complexity index is 482. The Morgan fingerprint density at radius 2 is 2.24 bits per heavy atom. The van der Waals surface area contributed by atoms with Crippen LogP contribution >= 0.6 is 11.6 Å². The smallest absolute Gasteiger partial charge is 0.0935 e. The summed E-state index contributed by atoms with van der Waals surface area (Å²) in [6, 6.07) is 7.82. The SMILES string of the molecule is Cc1c(Cl)cccc1C(Cc1ccoc1)NN. The normalized spacial score (nSPS) is 12.6. The van der Waals surface area contributed by atoms with Gasteiger partial charge in [0.2, 0.25) is 0 Å². The molecule has 90 valence electrons. The number of nitrogens with one attached hydrogen (secondary N) is 1. The number of hydrogen-bond donors (Lipinski definition) is 2. The lowest BCUT2D eigenvalue weighted by atomic mass is 9.97. The van der Waals surface area contributed by atoms with Crippen molar-refractivity contribution in [2.24, 2.45) is 5.84 Å². The van der Waals surface area contributed by atoms with Gasteiger partial charge >= 0.3 is 0 Å². The summed E-state index contributed by atoms with van der Waals surface area (Å²) >= 11 is 6.11. The lowest BCUT2D eigenvalue weighted by molar-refractivity contribution is 0.534. The molecule has 0 amide bonds. The zero-order valence-electron chi connectivity index (χ0n) is 9.61. The minimum absolute atomic E-state index is 0.0336. The summed E-state index contributed by atoms with van der Waals surface area (Å²) in [5.74, 6) is 5.62. The molecule has 0 spiro atoms. The lowest BCUT2D eigenvalue weighted by Crippen LogP contribution is -2.30. The summed E-state index contributed by atoms with van der Waals surface area (Å²) in [7, 11) is 0. The molecule has 0 saturated carbocycles. The van der Waals surface area contributed by atoms with Crippen LogP contribution < -0.4 is 11.3 Å². The maximum atomic E-state index is 6.11. The fraction of sp³-hybridized carbons (Fsp3) is 0.231. The first-order chi connectivity index (χ1) is 8.22. The number of furan rings is 1. The Balaban J connectivity index is 2.26. The van der Waals surface area contributed by atoms with E-state index in [-0.39, 0.29) is 6.04 Å². The average molecular weight is 251 g/mol. The van der Waals surface area contributed by atoms with Crippen LogP contribution in [0, 0.1) is 6.92 Å². The third-order valence-electron chi connectivity index (χ3n) is 2.91. The molecule has 0 aliphatic carbocycles. The summed E-state index contributed by atoms with van der Waals surface area (Å²) in [5, 5.41) is 0.759. The van der Waals surface area contributed by atoms with Crippen LogP contribution in [-0.4, -0.2) is 0 Å². The molecule has 1 aromatic heterocycles. The molecule has 2 rings (SSSR count). The molecule has 0 bridgehead atoms. The summed E-state index contributed by atoms with van der Waals surface area (Å²) < 4.78 is 5.06. The number of benzene rings is 1. The van der Waals surface area contributed by atoms with E-state index in [1.165, 1.54) is 0 Å². The molecular weight excluding hydrogens is 236 g/mol. The first-order valence-corrected chi connectivity index (χ1v) is 5.82. The van der Waals surface area contributed by atoms with E-state index in [1.807, 2.05) is 31.2 Å². The summed E-state index contributed by atoms with van der Waals surface area (Å²) in [5.41, 5.74) is 6.10. The number of rotatable bonds is 4. The fourth-order valence-electron chi connectivity index (χ4n) is 1.90. The van der Waals surface area contributed by atoms with Crippen molar-refractivity contribution >= 4 is 11.6 Å². The van der Waals surface area contributed by atoms with Crippen molar-refractivity contribution < 1.29 is 4.42 Å². The van der Waals surface area contributed by atoms with Gasteiger partial charge in [0.15, 0.2) is 0 Å². The third kappa shape index (κ3) is 2.69. The van der Waals surface area contributed by atoms with Gasteiger partial charge in [-0.05, 0) is 42.2 Å². The fourth-order valence-corrected chi connectivity index (χ4v) is 2.09. The van der Waals surface area contributed by atoms with Crippen molar-refractivity contribution in [3.05, 3.63) is 58.5 Å². The van der Waals surface area contributed by atoms with E-state index in [1.54, 1.807) is 12.5 Å². The van der Waals surface area contributed by atoms with E-state index in [9.17, 15) is 0 Å². The van der Waals surface area contributed by atoms with E-state index in [4.69, 9.17) is 21.9 Å². The highest BCUT2D eigenvalue weighted by Crippen LogP contribution is 2.26. The topological polar surface area (TPSA) is 51.2 Å². The van der Waals surface area contributed by atoms with Crippen LogP contribution in [-0.2, 0) is 6.42 Å². The van der Waals surface area contributed by atoms with E-state index in [2.05, 4.69) is 5.43 Å². The van der Waals surface area contributed by atoms with Crippen LogP contribution in [0.25, 0.3) is 0 Å². The van der Waals surface area contributed by atoms with E-state index < -0.39 is 0 Å². The summed E-state index contributed by atoms with van der Waals surface area (Å²) in [6.45, 7) is 2.00. The van der Waals surface area contributed by atoms with Crippen LogP contribution in [0.1, 0.15) is 22.7 Å². The highest BCUT2D eigenvalue weighted by atomic mass is 35.5. The van der Waals surface area contributed by atoms with Crippen molar-refractivity contribution in [3.8, 4) is 0 Å². The molecule has 1 unspecified atom stereocenters. The van der Waals surface area contributed by atoms with Gasteiger partial charge in [0.25, 0.3) is 0 Å². The van der Waals surface area contributed by atoms with E-state index in [0.29, 0.717) is 0 Å². The molecule has 0 aliphatic heterocycles. The van der Waals surface area contributed by atoms with Crippen molar-refractivity contribution in [1.82, 2.24) is 5.43 Å². The quantitative estimate of drug-likeness (QED) is 0.648. The first kappa shape index (κ1) is 12.2. The largest absolute Gasteiger partial charge is 0.472 e. The summed E-state index contributed by atoms with van der Waals surface area (Å²) in [6.07, 6.45) is 4.16. The lowest BCUT2D eigenvalue weighted by Gasteiger charge is -2.18. The van der Waals surface area contributed by atoms with Crippen molar-refractivity contribution in [2.45, 2.75) is 19.4 Å². The van der Waals surface area contributed by atoms with Crippen molar-refractivity contribution in [1.29, 1.82) is 0 Å². The summed E-state index contributed by atoms with van der Waals surface area (Å²) in [4.78, 5) is 0. The minimum Gasteiger partial charge on any atom is -0.472 e. The van der Waals surface area contributed by atoms with Gasteiger partial charge in [-0.15, -0.1) is 0 Å². The maximum Gasteiger partial charge on any atom is 0.0935 e. The highest BCUT2D eigenvalue weighted by molar-refractivity contribution is 6.31. The highest BCUT2D eigenvalue weighted by Gasteiger charge is 2.14. The molecule has 1 heterocycles. The number of halogens is 1. The molecule has 0 fully saturated rings. The second-order valence-electron chi connectivity index (χ2n) is 4.01. The van der Waals surface area contributed by atoms with Crippen LogP contribution in [0.5, 0.6) is 0 Å². The third-order valence-corrected chi connectivity index (χ3v) is 3.32. The van der Waals surface area contributed by atoms with Crippen LogP contribution in [0.3, 0.4) is 0 Å². The monoisotopic (exact) mass is 250 g/mol. The standard InChI is InChI=1S/C13H15ClN2O/c1-9-11(3-2-4-12(9)14)13(16-15)7-10-5-6-17-8-10/h2-6,8,13,16H,7,15H2,1H3. The van der Waals surface area contributed by atoms with Crippen molar-refractivity contribution in [2.75, 3.05) is 0 Å². The molecular formula is C13H15ClN2O. The zero-order chi connectivity index (χ0) is 12.3. The second-order valence-corrected chi connectivity index (χ2v) is 4.42. The molecule has 0 aliphatic rings. The number of nitrogens with two attached hydrogens (primary N) is 1. The van der Waals surface area contributed by atoms with E-state index >= 15 is 0 Å². The number of hydrogen-bond acceptors (Lipinski definition) is 3. The minimum atomic E-state index is 0.0336. The van der Waals surface area contributed by atoms with Crippen LogP contribution in [0.4, 0.5) is 0 Å². The van der Waals surface area contributed by atoms with Gasteiger partial charge in [0.05, 0.1) is 18.6 Å². The van der Waals surface area contributed by atoms with Crippen LogP contribution in [0.15, 0.2) is 41.2 Å². The van der Waals surface area contributed by atoms with Gasteiger partial charge in [-0.25, -0.2) is 0 Å². The van der Waals surface area contributed by atoms with Gasteiger partial charge in [-0.2, -0.15) is 0 Å². The maximum absolute atomic E-state index is 6.11. The molecule has 1 atom stereocenters. The predicted octanol–water partition coefficient (Wildman–Crippen LogP) is 2.99. The van der Waals surface area contributed by atoms with Crippen LogP contribution in [0.2, 0.25) is 5.02 Å². The van der Waals surface area contributed by atoms with E-state index in [0.717, 1.165) is 28.1 Å². The molecule has 3 N–H and O–H groups in total. The Kier molecular flexibility index (Phi) is 3.84. The molecule has 3 nitrogen and oxygen atoms in total. The Morgan fingerprint density at radius 3 is 2.88 bits per heavy atom. The van der Waals surface area contributed by atoms with Gasteiger partial charge < -0.3 is 4.42 Å². The van der Waals surface area contributed by atoms with Gasteiger partial charge in [-0.3, -0.25) is 11.3 Å². The Labute approximate surface area is 106 Å². The first-order valence-electron chi connectivity index (χ1n) is 5.44. The average Bonchev–Trinajstić information content (AvgIpc) is 2.83. The number of hydrazine groups is 1. The Hall–Kier alpha value is -1.29.